The van der Waals surface area contributed by atoms with Crippen molar-refractivity contribution >= 4 is 17.4 Å². The third kappa shape index (κ3) is 3.10. The number of aliphatic hydroxyl groups is 1. The molecule has 6 nitrogen and oxygen atoms in total. The minimum absolute atomic E-state index is 0.00506. The van der Waals surface area contributed by atoms with Gasteiger partial charge in [0.15, 0.2) is 5.78 Å². The molecule has 0 saturated carbocycles. The average molecular weight is 428 g/mol. The van der Waals surface area contributed by atoms with Gasteiger partial charge in [0.25, 0.3) is 0 Å². The highest BCUT2D eigenvalue weighted by Crippen LogP contribution is 2.66. The number of ether oxygens (including phenoxy) is 2. The summed E-state index contributed by atoms with van der Waals surface area (Å²) in [6, 6.07) is 4.07. The molecule has 168 valence electrons. The summed E-state index contributed by atoms with van der Waals surface area (Å²) in [5.41, 5.74) is 2.02. The Morgan fingerprint density at radius 1 is 1.26 bits per heavy atom. The second-order valence-electron chi connectivity index (χ2n) is 10.7. The zero-order valence-electron chi connectivity index (χ0n) is 19.5. The molecule has 1 aliphatic carbocycles. The number of carbonyl (C=O) groups excluding carboxylic acids is 2. The first-order valence-electron chi connectivity index (χ1n) is 11.0. The van der Waals surface area contributed by atoms with Gasteiger partial charge in [-0.15, -0.1) is 0 Å². The molecule has 2 aliphatic heterocycles. The molecule has 0 unspecified atom stereocenters. The number of allylic oxidation sites excluding steroid dienone is 1. The topological polar surface area (TPSA) is 84.9 Å². The van der Waals surface area contributed by atoms with Crippen LogP contribution < -0.4 is 5.32 Å². The highest BCUT2D eigenvalue weighted by atomic mass is 16.6. The fourth-order valence-corrected chi connectivity index (χ4v) is 5.98. The number of nitrogens with one attached hydrogen (secondary N) is 1. The van der Waals surface area contributed by atoms with Crippen LogP contribution in [0.2, 0.25) is 0 Å². The Morgan fingerprint density at radius 2 is 1.87 bits per heavy atom. The van der Waals surface area contributed by atoms with Gasteiger partial charge >= 0.3 is 6.09 Å². The van der Waals surface area contributed by atoms with Crippen LogP contribution in [0, 0.1) is 32.1 Å². The van der Waals surface area contributed by atoms with Crippen molar-refractivity contribution in [1.82, 2.24) is 5.32 Å². The molecule has 1 amide bonds. The van der Waals surface area contributed by atoms with Crippen molar-refractivity contribution in [3.63, 3.8) is 0 Å². The van der Waals surface area contributed by atoms with Crippen LogP contribution in [-0.4, -0.2) is 40.8 Å². The zero-order chi connectivity index (χ0) is 22.9. The van der Waals surface area contributed by atoms with Gasteiger partial charge in [0, 0.05) is 5.54 Å². The quantitative estimate of drug-likeness (QED) is 0.740. The molecule has 1 aromatic carbocycles. The molecule has 4 atom stereocenters. The number of amides is 1. The highest BCUT2D eigenvalue weighted by Gasteiger charge is 2.74. The first kappa shape index (κ1) is 21.9. The number of rotatable bonds is 3. The summed E-state index contributed by atoms with van der Waals surface area (Å²) in [7, 11) is 0. The highest BCUT2D eigenvalue weighted by molar-refractivity contribution is 6.26. The molecule has 0 spiro atoms. The Hall–Kier alpha value is -2.34. The first-order valence-corrected chi connectivity index (χ1v) is 11.0. The normalized spacial score (nSPS) is 31.9. The third-order valence-electron chi connectivity index (χ3n) is 7.25. The summed E-state index contributed by atoms with van der Waals surface area (Å²) in [5.74, 6) is -0.467. The molecule has 2 N–H and O–H groups in total. The fourth-order valence-electron chi connectivity index (χ4n) is 5.98. The largest absolute Gasteiger partial charge is 0.511 e. The van der Waals surface area contributed by atoms with Gasteiger partial charge in [-0.3, -0.25) is 4.79 Å². The lowest BCUT2D eigenvalue weighted by Crippen LogP contribution is -2.52. The number of hydrogen-bond donors (Lipinski definition) is 2. The van der Waals surface area contributed by atoms with E-state index in [1.54, 1.807) is 0 Å². The Labute approximate surface area is 184 Å². The number of benzene rings is 1. The van der Waals surface area contributed by atoms with Crippen LogP contribution in [0.3, 0.4) is 0 Å². The predicted molar refractivity (Wildman–Crippen MR) is 118 cm³/mol. The number of Topliss-reactive ketones (excluding diaryl/α,β-unsaturated/α-hetero) is 1. The van der Waals surface area contributed by atoms with Crippen LogP contribution >= 0.6 is 0 Å². The predicted octanol–water partition coefficient (Wildman–Crippen LogP) is 4.54. The van der Waals surface area contributed by atoms with E-state index < -0.39 is 28.6 Å². The average Bonchev–Trinajstić information content (AvgIpc) is 3.21. The summed E-state index contributed by atoms with van der Waals surface area (Å²) in [4.78, 5) is 25.9. The van der Waals surface area contributed by atoms with Crippen molar-refractivity contribution in [3.05, 3.63) is 40.1 Å². The molecule has 2 saturated heterocycles. The Morgan fingerprint density at radius 3 is 2.45 bits per heavy atom. The molecule has 1 aromatic rings. The fraction of sp³-hybridized carbons (Fsp3) is 0.600. The van der Waals surface area contributed by atoms with Gasteiger partial charge < -0.3 is 19.9 Å². The van der Waals surface area contributed by atoms with Gasteiger partial charge in [0.05, 0.1) is 23.0 Å². The Kier molecular flexibility index (Phi) is 4.82. The SMILES string of the molecule is Cc1cc(C)c(C2=C(O)[C@@]3(C)[C@@H](C2=O)[C@@H]2CC[C@@]3(COC(=O)NC(C)(C)C)O2)c(C)c1. The van der Waals surface area contributed by atoms with Gasteiger partial charge in [-0.1, -0.05) is 17.7 Å². The number of ketones is 1. The van der Waals surface area contributed by atoms with E-state index in [1.807, 2.05) is 60.6 Å². The van der Waals surface area contributed by atoms with Crippen molar-refractivity contribution in [3.8, 4) is 0 Å². The van der Waals surface area contributed by atoms with E-state index in [9.17, 15) is 14.7 Å². The molecule has 2 fully saturated rings. The molecular formula is C25H33NO5. The molecule has 2 heterocycles. The van der Waals surface area contributed by atoms with Gasteiger partial charge in [0.2, 0.25) is 0 Å². The van der Waals surface area contributed by atoms with Gasteiger partial charge in [-0.2, -0.15) is 0 Å². The number of carbonyl (C=O) groups is 2. The number of fused-ring (bicyclic) bond motifs is 5. The third-order valence-corrected chi connectivity index (χ3v) is 7.25. The van der Waals surface area contributed by atoms with Crippen molar-refractivity contribution in [1.29, 1.82) is 0 Å². The lowest BCUT2D eigenvalue weighted by molar-refractivity contribution is -0.120. The number of alkyl carbamates (subject to hydrolysis) is 1. The summed E-state index contributed by atoms with van der Waals surface area (Å²) in [6.45, 7) is 13.5. The van der Waals surface area contributed by atoms with E-state index in [4.69, 9.17) is 9.47 Å². The smallest absolute Gasteiger partial charge is 0.407 e. The lowest BCUT2D eigenvalue weighted by atomic mass is 9.62. The standard InChI is InChI=1S/C25H33NO5/c1-13-10-14(2)17(15(3)11-13)18-20(27)19-16-8-9-25(31-16,24(19,7)21(18)28)12-30-22(29)26-23(4,5)6/h10-11,16,19,28H,8-9,12H2,1-7H3,(H,26,29)/t16-,19+,24+,25-/m0/s1. The van der Waals surface area contributed by atoms with Crippen LogP contribution in [0.1, 0.15) is 62.8 Å². The second kappa shape index (κ2) is 6.83. The van der Waals surface area contributed by atoms with E-state index in [1.165, 1.54) is 0 Å². The first-order chi connectivity index (χ1) is 14.3. The van der Waals surface area contributed by atoms with E-state index >= 15 is 0 Å². The summed E-state index contributed by atoms with van der Waals surface area (Å²) in [6.07, 6.45) is 0.531. The van der Waals surface area contributed by atoms with Gasteiger partial charge in [-0.25, -0.2) is 4.79 Å². The maximum absolute atomic E-state index is 13.6. The van der Waals surface area contributed by atoms with Crippen molar-refractivity contribution in [2.24, 2.45) is 11.3 Å². The van der Waals surface area contributed by atoms with E-state index in [-0.39, 0.29) is 24.3 Å². The molecule has 0 aromatic heterocycles. The number of aryl methyl sites for hydroxylation is 3. The van der Waals surface area contributed by atoms with Crippen LogP contribution in [0.5, 0.6) is 0 Å². The van der Waals surface area contributed by atoms with Crippen LogP contribution in [0.25, 0.3) is 5.57 Å². The Balaban J connectivity index is 1.73. The van der Waals surface area contributed by atoms with Crippen molar-refractivity contribution in [2.75, 3.05) is 6.61 Å². The molecular weight excluding hydrogens is 394 g/mol. The second-order valence-corrected chi connectivity index (χ2v) is 10.7. The Bertz CT molecular complexity index is 981. The molecule has 3 aliphatic rings. The minimum atomic E-state index is -0.923. The summed E-state index contributed by atoms with van der Waals surface area (Å²) >= 11 is 0. The van der Waals surface area contributed by atoms with Crippen LogP contribution in [0.4, 0.5) is 4.79 Å². The van der Waals surface area contributed by atoms with E-state index in [0.29, 0.717) is 18.4 Å². The van der Waals surface area contributed by atoms with E-state index in [2.05, 4.69) is 5.32 Å². The molecule has 2 bridgehead atoms. The van der Waals surface area contributed by atoms with Crippen LogP contribution in [0.15, 0.2) is 17.9 Å². The van der Waals surface area contributed by atoms with Gasteiger partial charge in [-0.05, 0) is 78.0 Å². The van der Waals surface area contributed by atoms with Crippen molar-refractivity contribution in [2.45, 2.75) is 78.6 Å². The molecule has 31 heavy (non-hydrogen) atoms. The zero-order valence-corrected chi connectivity index (χ0v) is 19.5. The minimum Gasteiger partial charge on any atom is -0.511 e. The van der Waals surface area contributed by atoms with E-state index in [0.717, 1.165) is 22.3 Å². The maximum atomic E-state index is 13.6. The molecule has 0 radical (unpaired) electrons. The molecule has 6 heteroatoms. The van der Waals surface area contributed by atoms with Crippen LogP contribution in [-0.2, 0) is 14.3 Å². The molecule has 4 rings (SSSR count). The summed E-state index contributed by atoms with van der Waals surface area (Å²) in [5, 5.41) is 14.3. The summed E-state index contributed by atoms with van der Waals surface area (Å²) < 4.78 is 11.9. The van der Waals surface area contributed by atoms with Gasteiger partial charge in [0.1, 0.15) is 18.0 Å². The maximum Gasteiger partial charge on any atom is 0.407 e. The number of aliphatic hydroxyl groups excluding tert-OH is 1. The lowest BCUT2D eigenvalue weighted by Gasteiger charge is -2.41. The monoisotopic (exact) mass is 427 g/mol. The van der Waals surface area contributed by atoms with Crippen molar-refractivity contribution < 1.29 is 24.2 Å². The number of hydrogen-bond acceptors (Lipinski definition) is 5.